The van der Waals surface area contributed by atoms with Crippen LogP contribution in [0.3, 0.4) is 0 Å². The number of aliphatic hydroxyl groups excluding tert-OH is 1. The zero-order valence-electron chi connectivity index (χ0n) is 19.1. The normalized spacial score (nSPS) is 17.6. The standard InChI is InChI=1S/C26H24N2O6S/c1-3-16-7-9-17(10-8-16)24(29)22-23(18-5-4-6-20(15-18)34-2)28(26(31)25(22)30)19-11-13-21(14-12-19)35(27,32)33/h4-15,23,29H,3H2,1-2H3,(H2,27,32,33)/b24-22+. The molecule has 0 aliphatic carbocycles. The Morgan fingerprint density at radius 3 is 2.26 bits per heavy atom. The SMILES string of the molecule is CCc1ccc(/C(O)=C2\C(=O)C(=O)N(c3ccc(S(N)(=O)=O)cc3)C2c2cccc(OC)c2)cc1. The van der Waals surface area contributed by atoms with Gasteiger partial charge in [-0.3, -0.25) is 14.5 Å². The Labute approximate surface area is 203 Å². The van der Waals surface area contributed by atoms with Gasteiger partial charge in [-0.1, -0.05) is 43.3 Å². The van der Waals surface area contributed by atoms with Crippen LogP contribution >= 0.6 is 0 Å². The van der Waals surface area contributed by atoms with Crippen LogP contribution in [0.1, 0.15) is 29.7 Å². The number of aliphatic hydroxyl groups is 1. The first kappa shape index (κ1) is 24.2. The molecule has 8 nitrogen and oxygen atoms in total. The van der Waals surface area contributed by atoms with Crippen LogP contribution in [0.2, 0.25) is 0 Å². The first-order chi connectivity index (χ1) is 16.7. The third kappa shape index (κ3) is 4.55. The van der Waals surface area contributed by atoms with Gasteiger partial charge in [0.15, 0.2) is 0 Å². The molecule has 1 heterocycles. The van der Waals surface area contributed by atoms with Crippen molar-refractivity contribution in [1.29, 1.82) is 0 Å². The molecule has 35 heavy (non-hydrogen) atoms. The van der Waals surface area contributed by atoms with Crippen LogP contribution in [0, 0.1) is 0 Å². The van der Waals surface area contributed by atoms with Crippen LogP contribution in [-0.4, -0.2) is 32.3 Å². The number of hydrogen-bond donors (Lipinski definition) is 2. The molecule has 180 valence electrons. The van der Waals surface area contributed by atoms with Crippen LogP contribution in [0.15, 0.2) is 83.3 Å². The van der Waals surface area contributed by atoms with Gasteiger partial charge in [0.2, 0.25) is 10.0 Å². The average Bonchev–Trinajstić information content (AvgIpc) is 3.13. The number of ketones is 1. The molecule has 1 fully saturated rings. The third-order valence-electron chi connectivity index (χ3n) is 5.93. The number of aryl methyl sites for hydroxylation is 1. The number of Topliss-reactive ketones (excluding diaryl/α,β-unsaturated/α-hetero) is 1. The van der Waals surface area contributed by atoms with E-state index < -0.39 is 27.8 Å². The van der Waals surface area contributed by atoms with E-state index in [2.05, 4.69) is 0 Å². The van der Waals surface area contributed by atoms with Crippen LogP contribution in [0.4, 0.5) is 5.69 Å². The fourth-order valence-electron chi connectivity index (χ4n) is 4.08. The summed E-state index contributed by atoms with van der Waals surface area (Å²) < 4.78 is 28.7. The van der Waals surface area contributed by atoms with Crippen molar-refractivity contribution < 1.29 is 27.9 Å². The van der Waals surface area contributed by atoms with Gasteiger partial charge in [-0.05, 0) is 53.9 Å². The van der Waals surface area contributed by atoms with E-state index in [1.807, 2.05) is 19.1 Å². The first-order valence-corrected chi connectivity index (χ1v) is 12.4. The zero-order valence-corrected chi connectivity index (χ0v) is 20.0. The molecule has 0 bridgehead atoms. The molecule has 1 unspecified atom stereocenters. The molecule has 1 aliphatic heterocycles. The molecule has 3 aromatic carbocycles. The molecule has 1 atom stereocenters. The molecular weight excluding hydrogens is 468 g/mol. The third-order valence-corrected chi connectivity index (χ3v) is 6.86. The Balaban J connectivity index is 1.92. The van der Waals surface area contributed by atoms with E-state index >= 15 is 0 Å². The van der Waals surface area contributed by atoms with E-state index in [-0.39, 0.29) is 21.9 Å². The second-order valence-corrected chi connectivity index (χ2v) is 9.60. The van der Waals surface area contributed by atoms with Gasteiger partial charge in [-0.2, -0.15) is 0 Å². The van der Waals surface area contributed by atoms with Crippen LogP contribution in [0.25, 0.3) is 5.76 Å². The summed E-state index contributed by atoms with van der Waals surface area (Å²) in [6, 6.07) is 18.3. The number of nitrogens with two attached hydrogens (primary N) is 1. The number of sulfonamides is 1. The molecule has 3 N–H and O–H groups in total. The number of nitrogens with zero attached hydrogens (tertiary/aromatic N) is 1. The highest BCUT2D eigenvalue weighted by atomic mass is 32.2. The number of primary sulfonamides is 1. The number of anilines is 1. The van der Waals surface area contributed by atoms with Crippen molar-refractivity contribution in [2.75, 3.05) is 12.0 Å². The number of carbonyl (C=O) groups excluding carboxylic acids is 2. The minimum absolute atomic E-state index is 0.0805. The molecule has 9 heteroatoms. The Bertz CT molecular complexity index is 1430. The molecule has 0 aromatic heterocycles. The van der Waals surface area contributed by atoms with Gasteiger partial charge in [0.05, 0.1) is 23.6 Å². The molecule has 0 saturated carbocycles. The number of amides is 1. The summed E-state index contributed by atoms with van der Waals surface area (Å²) in [4.78, 5) is 27.6. The predicted octanol–water partition coefficient (Wildman–Crippen LogP) is 3.53. The summed E-state index contributed by atoms with van der Waals surface area (Å²) in [5.74, 6) is -1.51. The average molecular weight is 493 g/mol. The lowest BCUT2D eigenvalue weighted by Crippen LogP contribution is -2.29. The van der Waals surface area contributed by atoms with E-state index in [9.17, 15) is 23.1 Å². The maximum Gasteiger partial charge on any atom is 0.300 e. The van der Waals surface area contributed by atoms with Gasteiger partial charge in [0, 0.05) is 11.3 Å². The van der Waals surface area contributed by atoms with Gasteiger partial charge >= 0.3 is 0 Å². The minimum Gasteiger partial charge on any atom is -0.507 e. The number of methoxy groups -OCH3 is 1. The highest BCUT2D eigenvalue weighted by molar-refractivity contribution is 7.89. The van der Waals surface area contributed by atoms with Crippen LogP contribution in [-0.2, 0) is 26.0 Å². The van der Waals surface area contributed by atoms with Gasteiger partial charge in [-0.15, -0.1) is 0 Å². The first-order valence-electron chi connectivity index (χ1n) is 10.8. The zero-order chi connectivity index (χ0) is 25.3. The lowest BCUT2D eigenvalue weighted by atomic mass is 9.94. The van der Waals surface area contributed by atoms with E-state index in [1.54, 1.807) is 36.4 Å². The highest BCUT2D eigenvalue weighted by Crippen LogP contribution is 2.43. The summed E-state index contributed by atoms with van der Waals surface area (Å²) in [7, 11) is -2.45. The van der Waals surface area contributed by atoms with E-state index in [1.165, 1.54) is 36.3 Å². The molecule has 3 aromatic rings. The molecule has 1 aliphatic rings. The van der Waals surface area contributed by atoms with Gasteiger partial charge < -0.3 is 9.84 Å². The molecule has 4 rings (SSSR count). The smallest absolute Gasteiger partial charge is 0.300 e. The molecule has 1 amide bonds. The summed E-state index contributed by atoms with van der Waals surface area (Å²) in [6.45, 7) is 2.00. The quantitative estimate of drug-likeness (QED) is 0.308. The van der Waals surface area contributed by atoms with E-state index in [4.69, 9.17) is 9.88 Å². The maximum atomic E-state index is 13.2. The van der Waals surface area contributed by atoms with E-state index in [0.717, 1.165) is 12.0 Å². The molecular formula is C26H24N2O6S. The summed E-state index contributed by atoms with van der Waals surface area (Å²) in [5, 5.41) is 16.4. The monoisotopic (exact) mass is 492 g/mol. The molecule has 0 spiro atoms. The van der Waals surface area contributed by atoms with E-state index in [0.29, 0.717) is 16.9 Å². The number of benzene rings is 3. The summed E-state index contributed by atoms with van der Waals surface area (Å²) in [5.41, 5.74) is 2.18. The van der Waals surface area contributed by atoms with Crippen molar-refractivity contribution >= 4 is 33.2 Å². The Morgan fingerprint density at radius 1 is 1.03 bits per heavy atom. The lowest BCUT2D eigenvalue weighted by Gasteiger charge is -2.26. The number of ether oxygens (including phenoxy) is 1. The lowest BCUT2D eigenvalue weighted by molar-refractivity contribution is -0.132. The van der Waals surface area contributed by atoms with Crippen LogP contribution in [0.5, 0.6) is 5.75 Å². The van der Waals surface area contributed by atoms with Crippen molar-refractivity contribution in [2.24, 2.45) is 5.14 Å². The largest absolute Gasteiger partial charge is 0.507 e. The van der Waals surface area contributed by atoms with Crippen molar-refractivity contribution in [1.82, 2.24) is 0 Å². The summed E-state index contributed by atoms with van der Waals surface area (Å²) in [6.07, 6.45) is 0.809. The molecule has 0 radical (unpaired) electrons. The number of carbonyl (C=O) groups is 2. The van der Waals surface area contributed by atoms with Crippen molar-refractivity contribution in [3.8, 4) is 5.75 Å². The predicted molar refractivity (Wildman–Crippen MR) is 131 cm³/mol. The Hall–Kier alpha value is -3.95. The highest BCUT2D eigenvalue weighted by Gasteiger charge is 2.47. The van der Waals surface area contributed by atoms with Crippen LogP contribution < -0.4 is 14.8 Å². The fraction of sp³-hybridized carbons (Fsp3) is 0.154. The van der Waals surface area contributed by atoms with Crippen molar-refractivity contribution in [3.63, 3.8) is 0 Å². The van der Waals surface area contributed by atoms with Crippen molar-refractivity contribution in [2.45, 2.75) is 24.3 Å². The molecule has 1 saturated heterocycles. The van der Waals surface area contributed by atoms with Gasteiger partial charge in [0.25, 0.3) is 11.7 Å². The Morgan fingerprint density at radius 2 is 1.69 bits per heavy atom. The second kappa shape index (κ2) is 9.36. The van der Waals surface area contributed by atoms with Crippen molar-refractivity contribution in [3.05, 3.63) is 95.1 Å². The number of hydrogen-bond acceptors (Lipinski definition) is 6. The fourth-order valence-corrected chi connectivity index (χ4v) is 4.59. The minimum atomic E-state index is -3.94. The number of rotatable bonds is 6. The Kier molecular flexibility index (Phi) is 6.47. The second-order valence-electron chi connectivity index (χ2n) is 8.04. The summed E-state index contributed by atoms with van der Waals surface area (Å²) >= 11 is 0. The topological polar surface area (TPSA) is 127 Å². The maximum absolute atomic E-state index is 13.2. The van der Waals surface area contributed by atoms with Gasteiger partial charge in [-0.25, -0.2) is 13.6 Å². The van der Waals surface area contributed by atoms with Gasteiger partial charge in [0.1, 0.15) is 11.5 Å².